The fourth-order valence-electron chi connectivity index (χ4n) is 6.38. The van der Waals surface area contributed by atoms with Gasteiger partial charge in [0, 0.05) is 34.4 Å². The quantitative estimate of drug-likeness (QED) is 0.194. The van der Waals surface area contributed by atoms with Gasteiger partial charge in [-0.15, -0.1) is 0 Å². The molecule has 0 aliphatic carbocycles. The number of allylic oxidation sites excluding steroid dienone is 3. The Morgan fingerprint density at radius 1 is 0.542 bits per heavy atom. The molecule has 230 valence electrons. The van der Waals surface area contributed by atoms with Gasteiger partial charge in [-0.25, -0.2) is 9.97 Å². The maximum Gasteiger partial charge on any atom is 0.160 e. The van der Waals surface area contributed by atoms with Gasteiger partial charge >= 0.3 is 0 Å². The SMILES string of the molecule is C1=CNC(c2cc(C3=NCCC=C3)cc(-c3ccc(-c4nc(-c5ccccc5)nc(-c5ccccc5)c4-c4ccccc4)cc3)c2)C=C1. The summed E-state index contributed by atoms with van der Waals surface area (Å²) < 4.78 is 0. The van der Waals surface area contributed by atoms with Crippen molar-refractivity contribution in [3.8, 4) is 56.2 Å². The number of aromatic nitrogens is 2. The molecule has 0 spiro atoms. The molecule has 5 aromatic carbocycles. The molecule has 8 rings (SSSR count). The molecule has 1 atom stereocenters. The highest BCUT2D eigenvalue weighted by atomic mass is 14.9. The van der Waals surface area contributed by atoms with Crippen molar-refractivity contribution in [2.75, 3.05) is 6.54 Å². The van der Waals surface area contributed by atoms with Crippen LogP contribution >= 0.6 is 0 Å². The van der Waals surface area contributed by atoms with Crippen LogP contribution in [0, 0.1) is 0 Å². The monoisotopic (exact) mass is 618 g/mol. The van der Waals surface area contributed by atoms with E-state index >= 15 is 0 Å². The van der Waals surface area contributed by atoms with E-state index in [0.717, 1.165) is 74.6 Å². The predicted molar refractivity (Wildman–Crippen MR) is 199 cm³/mol. The van der Waals surface area contributed by atoms with Gasteiger partial charge in [0.1, 0.15) is 0 Å². The van der Waals surface area contributed by atoms with Gasteiger partial charge in [0.15, 0.2) is 5.82 Å². The molecule has 1 aromatic heterocycles. The van der Waals surface area contributed by atoms with Crippen LogP contribution in [-0.4, -0.2) is 22.2 Å². The molecule has 2 aliphatic rings. The normalized spacial score (nSPS) is 15.2. The maximum atomic E-state index is 5.27. The Morgan fingerprint density at radius 2 is 1.15 bits per heavy atom. The average Bonchev–Trinajstić information content (AvgIpc) is 3.19. The minimum absolute atomic E-state index is 0.100. The zero-order valence-corrected chi connectivity index (χ0v) is 26.5. The highest BCUT2D eigenvalue weighted by Crippen LogP contribution is 2.40. The summed E-state index contributed by atoms with van der Waals surface area (Å²) >= 11 is 0. The molecule has 0 saturated heterocycles. The van der Waals surface area contributed by atoms with Crippen LogP contribution in [0.1, 0.15) is 23.6 Å². The van der Waals surface area contributed by atoms with Gasteiger partial charge in [0.05, 0.1) is 23.1 Å². The number of nitrogens with one attached hydrogen (secondary N) is 1. The molecule has 0 bridgehead atoms. The number of nitrogens with zero attached hydrogens (tertiary/aromatic N) is 3. The highest BCUT2D eigenvalue weighted by Gasteiger charge is 2.20. The zero-order valence-electron chi connectivity index (χ0n) is 26.5. The highest BCUT2D eigenvalue weighted by molar-refractivity contribution is 6.09. The molecule has 1 N–H and O–H groups in total. The van der Waals surface area contributed by atoms with E-state index in [-0.39, 0.29) is 6.04 Å². The van der Waals surface area contributed by atoms with Crippen molar-refractivity contribution in [1.82, 2.24) is 15.3 Å². The molecule has 2 aliphatic heterocycles. The second-order valence-electron chi connectivity index (χ2n) is 12.0. The number of hydrogen-bond acceptors (Lipinski definition) is 4. The van der Waals surface area contributed by atoms with Gasteiger partial charge in [-0.2, -0.15) is 0 Å². The summed E-state index contributed by atoms with van der Waals surface area (Å²) in [5, 5.41) is 3.49. The number of dihydropyridines is 2. The summed E-state index contributed by atoms with van der Waals surface area (Å²) in [6.45, 7) is 0.822. The van der Waals surface area contributed by atoms with Crippen molar-refractivity contribution in [3.05, 3.63) is 181 Å². The van der Waals surface area contributed by atoms with E-state index < -0.39 is 0 Å². The lowest BCUT2D eigenvalue weighted by Gasteiger charge is -2.20. The minimum Gasteiger partial charge on any atom is -0.381 e. The lowest BCUT2D eigenvalue weighted by Crippen LogP contribution is -2.16. The Bertz CT molecular complexity index is 2180. The van der Waals surface area contributed by atoms with E-state index in [9.17, 15) is 0 Å². The summed E-state index contributed by atoms with van der Waals surface area (Å²) in [5.74, 6) is 0.703. The van der Waals surface area contributed by atoms with Crippen molar-refractivity contribution in [2.24, 2.45) is 4.99 Å². The molecule has 1 unspecified atom stereocenters. The Hall–Kier alpha value is -6.13. The van der Waals surface area contributed by atoms with Crippen molar-refractivity contribution in [3.63, 3.8) is 0 Å². The van der Waals surface area contributed by atoms with Crippen LogP contribution < -0.4 is 5.32 Å². The van der Waals surface area contributed by atoms with Gasteiger partial charge in [0.2, 0.25) is 0 Å². The first-order chi connectivity index (χ1) is 23.8. The Kier molecular flexibility index (Phi) is 8.12. The van der Waals surface area contributed by atoms with E-state index in [1.54, 1.807) is 0 Å². The van der Waals surface area contributed by atoms with E-state index in [0.29, 0.717) is 5.82 Å². The number of benzene rings is 5. The second kappa shape index (κ2) is 13.3. The largest absolute Gasteiger partial charge is 0.381 e. The van der Waals surface area contributed by atoms with E-state index in [4.69, 9.17) is 15.0 Å². The van der Waals surface area contributed by atoms with Crippen LogP contribution in [0.25, 0.3) is 56.2 Å². The van der Waals surface area contributed by atoms with E-state index in [1.165, 1.54) is 5.56 Å². The van der Waals surface area contributed by atoms with Gasteiger partial charge in [-0.05, 0) is 65.2 Å². The van der Waals surface area contributed by atoms with Crippen LogP contribution in [0.3, 0.4) is 0 Å². The standard InChI is InChI=1S/C44H34N4/c1-4-14-32(15-5-1)41-42(33-16-6-2-7-17-33)47-44(35-18-8-3-9-19-35)48-43(41)34-24-22-31(23-25-34)36-28-37(39-20-10-12-26-45-39)30-38(29-36)40-21-11-13-27-46-40/h1-12,14-26,28-30,39,45H,13,27H2. The lowest BCUT2D eigenvalue weighted by molar-refractivity contribution is 0.746. The van der Waals surface area contributed by atoms with Crippen molar-refractivity contribution >= 4 is 5.71 Å². The molecule has 0 fully saturated rings. The predicted octanol–water partition coefficient (Wildman–Crippen LogP) is 10.3. The maximum absolute atomic E-state index is 5.27. The third-order valence-electron chi connectivity index (χ3n) is 8.79. The molecule has 0 saturated carbocycles. The van der Waals surface area contributed by atoms with Crippen LogP contribution in [0.5, 0.6) is 0 Å². The third-order valence-corrected chi connectivity index (χ3v) is 8.79. The number of aliphatic imine (C=N–C) groups is 1. The second-order valence-corrected chi connectivity index (χ2v) is 12.0. The molecular formula is C44H34N4. The topological polar surface area (TPSA) is 50.2 Å². The smallest absolute Gasteiger partial charge is 0.160 e. The first-order valence-corrected chi connectivity index (χ1v) is 16.4. The van der Waals surface area contributed by atoms with E-state index in [1.807, 2.05) is 42.6 Å². The molecular weight excluding hydrogens is 585 g/mol. The molecule has 0 amide bonds. The fourth-order valence-corrected chi connectivity index (χ4v) is 6.38. The first kappa shape index (κ1) is 29.3. The van der Waals surface area contributed by atoms with Crippen molar-refractivity contribution in [1.29, 1.82) is 0 Å². The van der Waals surface area contributed by atoms with Crippen LogP contribution in [0.2, 0.25) is 0 Å². The first-order valence-electron chi connectivity index (χ1n) is 16.4. The molecule has 6 aromatic rings. The fraction of sp³-hybridized carbons (Fsp3) is 0.0682. The Labute approximate surface area is 281 Å². The van der Waals surface area contributed by atoms with Gasteiger partial charge < -0.3 is 5.32 Å². The summed E-state index contributed by atoms with van der Waals surface area (Å²) in [5.41, 5.74) is 12.6. The molecule has 48 heavy (non-hydrogen) atoms. The van der Waals surface area contributed by atoms with Gasteiger partial charge in [0.25, 0.3) is 0 Å². The minimum atomic E-state index is 0.100. The molecule has 4 nitrogen and oxygen atoms in total. The van der Waals surface area contributed by atoms with Gasteiger partial charge in [-0.3, -0.25) is 4.99 Å². The van der Waals surface area contributed by atoms with Crippen LogP contribution in [-0.2, 0) is 0 Å². The lowest BCUT2D eigenvalue weighted by atomic mass is 9.91. The summed E-state index contributed by atoms with van der Waals surface area (Å²) in [6.07, 6.45) is 13.7. The van der Waals surface area contributed by atoms with Crippen molar-refractivity contribution < 1.29 is 0 Å². The van der Waals surface area contributed by atoms with E-state index in [2.05, 4.69) is 133 Å². The summed E-state index contributed by atoms with van der Waals surface area (Å²) in [7, 11) is 0. The molecule has 0 radical (unpaired) electrons. The number of hydrogen-bond donors (Lipinski definition) is 1. The van der Waals surface area contributed by atoms with Crippen molar-refractivity contribution in [2.45, 2.75) is 12.5 Å². The van der Waals surface area contributed by atoms with Crippen LogP contribution in [0.4, 0.5) is 0 Å². The Balaban J connectivity index is 1.28. The molecule has 4 heteroatoms. The Morgan fingerprint density at radius 3 is 1.77 bits per heavy atom. The number of rotatable bonds is 7. The summed E-state index contributed by atoms with van der Waals surface area (Å²) in [6, 6.07) is 46.8. The third kappa shape index (κ3) is 6.04. The van der Waals surface area contributed by atoms with Crippen LogP contribution in [0.15, 0.2) is 175 Å². The van der Waals surface area contributed by atoms with Gasteiger partial charge in [-0.1, -0.05) is 133 Å². The zero-order chi connectivity index (χ0) is 32.1. The average molecular weight is 619 g/mol. The summed E-state index contributed by atoms with van der Waals surface area (Å²) in [4.78, 5) is 15.3. The molecule has 3 heterocycles.